The molecule has 0 aliphatic rings. The van der Waals surface area contributed by atoms with Crippen molar-refractivity contribution in [1.82, 2.24) is 0 Å². The van der Waals surface area contributed by atoms with Crippen LogP contribution in [0.25, 0.3) is 0 Å². The number of ether oxygens (including phenoxy) is 2. The van der Waals surface area contributed by atoms with Crippen LogP contribution < -0.4 is 5.73 Å². The molecule has 0 aromatic carbocycles. The number of nitrogens with two attached hydrogens (primary N) is 1. The molecule has 0 rings (SSSR count). The van der Waals surface area contributed by atoms with Gasteiger partial charge in [0.25, 0.3) is 0 Å². The molecule has 0 heterocycles. The number of carbonyl (C=O) groups is 4. The third-order valence-electron chi connectivity index (χ3n) is 6.37. The van der Waals surface area contributed by atoms with Crippen LogP contribution in [0.3, 0.4) is 0 Å². The van der Waals surface area contributed by atoms with Crippen LogP contribution in [-0.2, 0) is 28.7 Å². The van der Waals surface area contributed by atoms with Gasteiger partial charge in [-0.1, -0.05) is 117 Å². The van der Waals surface area contributed by atoms with Crippen LogP contribution in [0.2, 0.25) is 0 Å². The standard InChI is InChI=1S/C29H53NO6.Na/c1-3-5-7-9-11-13-15-17-19-21-26(31)35-28(33)24-23-25(30)29(34)36-27(32)22-20-18-16-14-12-10-8-6-4-2;/h25H,3-24,30H2,1-2H3;/t25-;/m0./s1. The Balaban J connectivity index is 0. The SMILES string of the molecule is CCCCCCCCCCCC(=O)OC(=O)CC[C@H](N)C(=O)OC(=O)CCCCCCCCCCC.[Na]. The molecule has 37 heavy (non-hydrogen) atoms. The van der Waals surface area contributed by atoms with Crippen LogP contribution in [-0.4, -0.2) is 59.5 Å². The molecule has 7 nitrogen and oxygen atoms in total. The van der Waals surface area contributed by atoms with E-state index in [-0.39, 0.29) is 55.2 Å². The number of hydrogen-bond acceptors (Lipinski definition) is 7. The summed E-state index contributed by atoms with van der Waals surface area (Å²) < 4.78 is 9.58. The molecule has 0 aromatic rings. The van der Waals surface area contributed by atoms with E-state index < -0.39 is 29.9 Å². The monoisotopic (exact) mass is 534 g/mol. The first-order valence-electron chi connectivity index (χ1n) is 14.6. The Kier molecular flexibility index (Phi) is 29.3. The van der Waals surface area contributed by atoms with E-state index in [2.05, 4.69) is 13.8 Å². The third kappa shape index (κ3) is 26.6. The number of rotatable bonds is 24. The summed E-state index contributed by atoms with van der Waals surface area (Å²) in [5.41, 5.74) is 5.73. The predicted molar refractivity (Wildman–Crippen MR) is 149 cm³/mol. The number of esters is 4. The van der Waals surface area contributed by atoms with Crippen molar-refractivity contribution in [1.29, 1.82) is 0 Å². The summed E-state index contributed by atoms with van der Waals surface area (Å²) in [5, 5.41) is 0. The van der Waals surface area contributed by atoms with Gasteiger partial charge in [0, 0.05) is 48.8 Å². The van der Waals surface area contributed by atoms with Crippen LogP contribution in [0.5, 0.6) is 0 Å². The third-order valence-corrected chi connectivity index (χ3v) is 6.37. The van der Waals surface area contributed by atoms with E-state index in [1.165, 1.54) is 77.0 Å². The fraction of sp³-hybridized carbons (Fsp3) is 0.862. The minimum atomic E-state index is -1.10. The number of hydrogen-bond donors (Lipinski definition) is 1. The van der Waals surface area contributed by atoms with E-state index in [0.717, 1.165) is 25.7 Å². The fourth-order valence-corrected chi connectivity index (χ4v) is 4.02. The summed E-state index contributed by atoms with van der Waals surface area (Å²) >= 11 is 0. The molecule has 0 saturated heterocycles. The van der Waals surface area contributed by atoms with Crippen molar-refractivity contribution in [2.75, 3.05) is 0 Å². The quantitative estimate of drug-likeness (QED) is 0.0635. The molecule has 2 N–H and O–H groups in total. The van der Waals surface area contributed by atoms with Gasteiger partial charge < -0.3 is 15.2 Å². The number of unbranched alkanes of at least 4 members (excludes halogenated alkanes) is 16. The molecule has 211 valence electrons. The Labute approximate surface area is 248 Å². The Bertz CT molecular complexity index is 599. The first-order valence-corrected chi connectivity index (χ1v) is 14.6. The van der Waals surface area contributed by atoms with Gasteiger partial charge in [0.05, 0.1) is 0 Å². The molecule has 0 aliphatic carbocycles. The van der Waals surface area contributed by atoms with Gasteiger partial charge in [-0.15, -0.1) is 0 Å². The first kappa shape index (κ1) is 38.4. The molecular weight excluding hydrogens is 481 g/mol. The summed E-state index contributed by atoms with van der Waals surface area (Å²) in [6, 6.07) is -1.10. The molecule has 8 heteroatoms. The van der Waals surface area contributed by atoms with Crippen LogP contribution >= 0.6 is 0 Å². The molecule has 0 saturated carbocycles. The van der Waals surface area contributed by atoms with Gasteiger partial charge in [0.1, 0.15) is 6.04 Å². The molecule has 0 spiro atoms. The Morgan fingerprint density at radius 1 is 0.514 bits per heavy atom. The average Bonchev–Trinajstić information content (AvgIpc) is 2.85. The second-order valence-corrected chi connectivity index (χ2v) is 9.94. The zero-order valence-electron chi connectivity index (χ0n) is 24.2. The normalized spacial score (nSPS) is 11.4. The number of carbonyl (C=O) groups excluding carboxylic acids is 4. The molecule has 0 aromatic heterocycles. The van der Waals surface area contributed by atoms with Crippen molar-refractivity contribution in [3.05, 3.63) is 0 Å². The van der Waals surface area contributed by atoms with Crippen molar-refractivity contribution < 1.29 is 28.7 Å². The molecule has 0 aliphatic heterocycles. The maximum atomic E-state index is 12.0. The Morgan fingerprint density at radius 2 is 0.838 bits per heavy atom. The van der Waals surface area contributed by atoms with Gasteiger partial charge in [-0.3, -0.25) is 14.4 Å². The average molecular weight is 535 g/mol. The molecule has 1 atom stereocenters. The van der Waals surface area contributed by atoms with Crippen LogP contribution in [0.4, 0.5) is 0 Å². The van der Waals surface area contributed by atoms with E-state index in [9.17, 15) is 19.2 Å². The van der Waals surface area contributed by atoms with Crippen molar-refractivity contribution in [2.45, 2.75) is 161 Å². The van der Waals surface area contributed by atoms with Gasteiger partial charge in [-0.2, -0.15) is 0 Å². The summed E-state index contributed by atoms with van der Waals surface area (Å²) in [4.78, 5) is 47.4. The van der Waals surface area contributed by atoms with Gasteiger partial charge in [0.15, 0.2) is 0 Å². The molecule has 1 radical (unpaired) electrons. The molecule has 0 unspecified atom stereocenters. The van der Waals surface area contributed by atoms with Crippen LogP contribution in [0.15, 0.2) is 0 Å². The van der Waals surface area contributed by atoms with Gasteiger partial charge in [-0.25, -0.2) is 4.79 Å². The van der Waals surface area contributed by atoms with E-state index in [4.69, 9.17) is 15.2 Å². The van der Waals surface area contributed by atoms with Crippen molar-refractivity contribution in [3.63, 3.8) is 0 Å². The summed E-state index contributed by atoms with van der Waals surface area (Å²) in [7, 11) is 0. The first-order chi connectivity index (χ1) is 17.4. The molecule has 0 bridgehead atoms. The summed E-state index contributed by atoms with van der Waals surface area (Å²) in [6.45, 7) is 4.40. The van der Waals surface area contributed by atoms with E-state index in [0.29, 0.717) is 12.8 Å². The maximum absolute atomic E-state index is 12.0. The summed E-state index contributed by atoms with van der Waals surface area (Å²) in [6.07, 6.45) is 20.6. The topological polar surface area (TPSA) is 113 Å². The van der Waals surface area contributed by atoms with E-state index >= 15 is 0 Å². The minimum Gasteiger partial charge on any atom is -0.393 e. The second kappa shape index (κ2) is 28.3. The van der Waals surface area contributed by atoms with Crippen LogP contribution in [0.1, 0.15) is 155 Å². The van der Waals surface area contributed by atoms with Crippen LogP contribution in [0, 0.1) is 0 Å². The van der Waals surface area contributed by atoms with Gasteiger partial charge in [-0.05, 0) is 19.3 Å². The zero-order chi connectivity index (χ0) is 26.9. The largest absolute Gasteiger partial charge is 0.393 e. The Morgan fingerprint density at radius 3 is 1.24 bits per heavy atom. The maximum Gasteiger partial charge on any atom is 0.330 e. The smallest absolute Gasteiger partial charge is 0.330 e. The van der Waals surface area contributed by atoms with E-state index in [1.54, 1.807) is 0 Å². The molecule has 0 fully saturated rings. The fourth-order valence-electron chi connectivity index (χ4n) is 4.02. The van der Waals surface area contributed by atoms with Crippen molar-refractivity contribution in [2.24, 2.45) is 5.73 Å². The predicted octanol–water partition coefficient (Wildman–Crippen LogP) is 6.69. The minimum absolute atomic E-state index is 0. The zero-order valence-corrected chi connectivity index (χ0v) is 26.2. The second-order valence-electron chi connectivity index (χ2n) is 9.94. The van der Waals surface area contributed by atoms with Crippen molar-refractivity contribution >= 4 is 53.4 Å². The Hall–Kier alpha value is -0.760. The van der Waals surface area contributed by atoms with Crippen molar-refractivity contribution in [3.8, 4) is 0 Å². The summed E-state index contributed by atoms with van der Waals surface area (Å²) in [5.74, 6) is -2.68. The molecule has 0 amide bonds. The van der Waals surface area contributed by atoms with Gasteiger partial charge in [0.2, 0.25) is 0 Å². The van der Waals surface area contributed by atoms with Gasteiger partial charge >= 0.3 is 23.9 Å². The van der Waals surface area contributed by atoms with E-state index in [1.807, 2.05) is 0 Å². The molecular formula is C29H53NNaO6.